The fraction of sp³-hybridized carbons (Fsp3) is 0.882. The lowest BCUT2D eigenvalue weighted by Gasteiger charge is -2.14. The number of hydrogen-bond acceptors (Lipinski definition) is 10. The van der Waals surface area contributed by atoms with Crippen LogP contribution in [0.15, 0.2) is 12.5 Å². The first-order valence-electron chi connectivity index (χ1n) is 9.47. The number of unbranched alkanes of at least 4 members (excludes halogenated alkanes) is 1. The molecule has 0 rings (SSSR count). The molecule has 0 atom stereocenters. The summed E-state index contributed by atoms with van der Waals surface area (Å²) in [4.78, 5) is 0. The molecule has 30 heavy (non-hydrogen) atoms. The van der Waals surface area contributed by atoms with Gasteiger partial charge in [0.25, 0.3) is 0 Å². The molecule has 0 aromatic carbocycles. The Morgan fingerprint density at radius 1 is 0.867 bits per heavy atom. The Bertz CT molecular complexity index is 399. The first-order valence-corrected chi connectivity index (χ1v) is 11.2. The molecule has 1 N–H and O–H groups in total. The molecule has 180 valence electrons. The van der Waals surface area contributed by atoms with E-state index in [2.05, 4.69) is 9.60 Å². The van der Waals surface area contributed by atoms with Crippen molar-refractivity contribution in [2.24, 2.45) is 0 Å². The summed E-state index contributed by atoms with van der Waals surface area (Å²) in [5.41, 5.74) is -4.40. The quantitative estimate of drug-likeness (QED) is 0.0818. The molecule has 0 unspecified atom stereocenters. The Morgan fingerprint density at radius 3 is 2.00 bits per heavy atom. The van der Waals surface area contributed by atoms with Gasteiger partial charge in [-0.05, 0) is 12.8 Å². The Hall–Kier alpha value is -0.410. The van der Waals surface area contributed by atoms with Crippen LogP contribution in [0.1, 0.15) is 12.8 Å². The third-order valence-corrected chi connectivity index (χ3v) is 4.51. The molecule has 13 heteroatoms. The van der Waals surface area contributed by atoms with Gasteiger partial charge < -0.3 is 29.0 Å². The van der Waals surface area contributed by atoms with Gasteiger partial charge in [-0.1, -0.05) is 11.9 Å². The number of halogens is 3. The van der Waals surface area contributed by atoms with Crippen molar-refractivity contribution in [2.45, 2.75) is 18.3 Å². The van der Waals surface area contributed by atoms with Crippen LogP contribution in [0, 0.1) is 0 Å². The second-order valence-corrected chi connectivity index (χ2v) is 7.49. The maximum atomic E-state index is 11.9. The van der Waals surface area contributed by atoms with Gasteiger partial charge in [-0.2, -0.15) is 13.2 Å². The fourth-order valence-corrected chi connectivity index (χ4v) is 2.75. The van der Waals surface area contributed by atoms with Crippen LogP contribution in [-0.4, -0.2) is 89.3 Å². The number of rotatable bonds is 22. The topological polar surface area (TPSA) is 70.7 Å². The van der Waals surface area contributed by atoms with Crippen molar-refractivity contribution < 1.29 is 41.1 Å². The average Bonchev–Trinajstić information content (AvgIpc) is 2.70. The van der Waals surface area contributed by atoms with Gasteiger partial charge in [-0.15, -0.1) is 4.47 Å². The first-order chi connectivity index (χ1) is 14.5. The highest BCUT2D eigenvalue weighted by Gasteiger charge is 2.31. The SMILES string of the molecule is CO/C=C\NCCOCCOCCOCCOCCCCSN(C)OSC(F)(F)F. The second kappa shape index (κ2) is 21.8. The van der Waals surface area contributed by atoms with E-state index < -0.39 is 17.6 Å². The Balaban J connectivity index is 3.14. The van der Waals surface area contributed by atoms with E-state index in [0.29, 0.717) is 65.2 Å². The molecule has 0 amide bonds. The van der Waals surface area contributed by atoms with Crippen LogP contribution in [-0.2, 0) is 28.0 Å². The van der Waals surface area contributed by atoms with Crippen LogP contribution >= 0.6 is 24.0 Å². The lowest BCUT2D eigenvalue weighted by atomic mass is 10.4. The number of ether oxygens (including phenoxy) is 5. The molecular formula is C17H33F3N2O6S2. The monoisotopic (exact) mass is 482 g/mol. The lowest BCUT2D eigenvalue weighted by molar-refractivity contribution is -0.0488. The van der Waals surface area contributed by atoms with Crippen LogP contribution in [0.4, 0.5) is 13.2 Å². The average molecular weight is 483 g/mol. The number of hydroxylamine groups is 1. The van der Waals surface area contributed by atoms with Crippen molar-refractivity contribution >= 4 is 24.0 Å². The number of nitrogens with one attached hydrogen (secondary N) is 1. The third-order valence-electron chi connectivity index (χ3n) is 3.02. The van der Waals surface area contributed by atoms with Gasteiger partial charge in [0, 0.05) is 32.2 Å². The van der Waals surface area contributed by atoms with E-state index in [1.165, 1.54) is 19.0 Å². The van der Waals surface area contributed by atoms with Crippen molar-refractivity contribution in [3.63, 3.8) is 0 Å². The number of hydrogen-bond donors (Lipinski definition) is 1. The number of alkyl halides is 3. The predicted molar refractivity (Wildman–Crippen MR) is 112 cm³/mol. The largest absolute Gasteiger partial charge is 0.503 e. The molecule has 0 aliphatic heterocycles. The zero-order valence-corrected chi connectivity index (χ0v) is 19.1. The molecule has 0 spiro atoms. The highest BCUT2D eigenvalue weighted by Crippen LogP contribution is 2.32. The maximum absolute atomic E-state index is 11.9. The van der Waals surface area contributed by atoms with E-state index in [9.17, 15) is 13.2 Å². The second-order valence-electron chi connectivity index (χ2n) is 5.53. The van der Waals surface area contributed by atoms with Crippen LogP contribution < -0.4 is 5.32 Å². The van der Waals surface area contributed by atoms with Crippen LogP contribution in [0.2, 0.25) is 0 Å². The zero-order chi connectivity index (χ0) is 22.3. The fourth-order valence-electron chi connectivity index (χ4n) is 1.71. The zero-order valence-electron chi connectivity index (χ0n) is 17.5. The van der Waals surface area contributed by atoms with Gasteiger partial charge in [0.05, 0.1) is 59.6 Å². The smallest absolute Gasteiger partial charge is 0.469 e. The standard InChI is InChI=1S/C17H33F3N2O6S2/c1-22(28-30-17(18,19)20)29-16-4-3-7-24-10-12-26-14-15-27-13-11-25-9-6-21-5-8-23-2/h5,8,21H,3-4,6-7,9-16H2,1-2H3/b8-5-. The molecule has 0 aromatic heterocycles. The van der Waals surface area contributed by atoms with Crippen molar-refractivity contribution in [1.82, 2.24) is 9.79 Å². The van der Waals surface area contributed by atoms with Crippen molar-refractivity contribution in [1.29, 1.82) is 0 Å². The minimum atomic E-state index is -4.40. The van der Waals surface area contributed by atoms with E-state index in [4.69, 9.17) is 23.7 Å². The summed E-state index contributed by atoms with van der Waals surface area (Å²) in [6, 6.07) is 0. The van der Waals surface area contributed by atoms with E-state index >= 15 is 0 Å². The molecule has 0 aliphatic carbocycles. The van der Waals surface area contributed by atoms with Gasteiger partial charge in [0.15, 0.2) is 0 Å². The van der Waals surface area contributed by atoms with Crippen molar-refractivity contribution in [3.8, 4) is 0 Å². The minimum Gasteiger partial charge on any atom is -0.503 e. The molecule has 0 fully saturated rings. The van der Waals surface area contributed by atoms with Crippen LogP contribution in [0.5, 0.6) is 0 Å². The Morgan fingerprint density at radius 2 is 1.43 bits per heavy atom. The molecule has 8 nitrogen and oxygen atoms in total. The van der Waals surface area contributed by atoms with Gasteiger partial charge in [0.2, 0.25) is 0 Å². The summed E-state index contributed by atoms with van der Waals surface area (Å²) in [7, 11) is 3.02. The van der Waals surface area contributed by atoms with Crippen LogP contribution in [0.25, 0.3) is 0 Å². The van der Waals surface area contributed by atoms with E-state index in [-0.39, 0.29) is 0 Å². The molecule has 0 saturated heterocycles. The predicted octanol–water partition coefficient (Wildman–Crippen LogP) is 3.22. The summed E-state index contributed by atoms with van der Waals surface area (Å²) in [5, 5.41) is 3.00. The van der Waals surface area contributed by atoms with Gasteiger partial charge >= 0.3 is 5.51 Å². The molecule has 0 bridgehead atoms. The normalized spacial score (nSPS) is 12.2. The summed E-state index contributed by atoms with van der Waals surface area (Å²) in [6.07, 6.45) is 4.89. The maximum Gasteiger partial charge on any atom is 0.469 e. The van der Waals surface area contributed by atoms with Crippen LogP contribution in [0.3, 0.4) is 0 Å². The summed E-state index contributed by atoms with van der Waals surface area (Å²) in [6.45, 7) is 4.88. The van der Waals surface area contributed by atoms with Crippen molar-refractivity contribution in [3.05, 3.63) is 12.5 Å². The Labute approximate surface area is 185 Å². The highest BCUT2D eigenvalue weighted by atomic mass is 32.2. The van der Waals surface area contributed by atoms with E-state index in [1.54, 1.807) is 19.6 Å². The number of nitrogens with zero attached hydrogens (tertiary/aromatic N) is 1. The molecule has 0 aromatic rings. The summed E-state index contributed by atoms with van der Waals surface area (Å²) in [5.74, 6) is 0.650. The van der Waals surface area contributed by atoms with E-state index in [1.807, 2.05) is 0 Å². The lowest BCUT2D eigenvalue weighted by Crippen LogP contribution is -2.16. The van der Waals surface area contributed by atoms with Gasteiger partial charge in [-0.25, -0.2) is 4.28 Å². The highest BCUT2D eigenvalue weighted by molar-refractivity contribution is 7.98. The molecule has 0 aliphatic rings. The molecular weight excluding hydrogens is 449 g/mol. The van der Waals surface area contributed by atoms with E-state index in [0.717, 1.165) is 17.3 Å². The molecule has 0 saturated carbocycles. The molecule has 0 heterocycles. The summed E-state index contributed by atoms with van der Waals surface area (Å²) < 4.78 is 67.7. The third kappa shape index (κ3) is 25.6. The first kappa shape index (κ1) is 29.6. The molecule has 0 radical (unpaired) electrons. The van der Waals surface area contributed by atoms with Gasteiger partial charge in [0.1, 0.15) is 12.0 Å². The van der Waals surface area contributed by atoms with Gasteiger partial charge in [-0.3, -0.25) is 0 Å². The van der Waals surface area contributed by atoms with Crippen molar-refractivity contribution in [2.75, 3.05) is 79.3 Å². The number of methoxy groups -OCH3 is 1. The Kier molecular flexibility index (Phi) is 21.5. The summed E-state index contributed by atoms with van der Waals surface area (Å²) >= 11 is 0.660. The minimum absolute atomic E-state index is 0.487.